The maximum absolute atomic E-state index is 12.0. The number of thiophene rings is 1. The van der Waals surface area contributed by atoms with Crippen molar-refractivity contribution < 1.29 is 19.1 Å². The number of rotatable bonds is 7. The van der Waals surface area contributed by atoms with Crippen molar-refractivity contribution >= 4 is 28.7 Å². The summed E-state index contributed by atoms with van der Waals surface area (Å²) in [5, 5.41) is 4.59. The normalized spacial score (nSPS) is 10.1. The van der Waals surface area contributed by atoms with E-state index < -0.39 is 0 Å². The number of carbonyl (C=O) groups is 2. The summed E-state index contributed by atoms with van der Waals surface area (Å²) in [7, 11) is 3.07. The first-order valence-electron chi connectivity index (χ1n) is 6.72. The predicted octanol–water partition coefficient (Wildman–Crippen LogP) is 3.37. The van der Waals surface area contributed by atoms with Gasteiger partial charge in [0, 0.05) is 18.9 Å². The van der Waals surface area contributed by atoms with Crippen LogP contribution in [-0.4, -0.2) is 25.9 Å². The second-order valence-electron chi connectivity index (χ2n) is 4.51. The average Bonchev–Trinajstić information content (AvgIpc) is 3.07. The molecular weight excluding hydrogens is 302 g/mol. The molecule has 0 aliphatic heterocycles. The lowest BCUT2D eigenvalue weighted by Crippen LogP contribution is -2.14. The topological polar surface area (TPSA) is 64.6 Å². The Kier molecular flexibility index (Phi) is 5.55. The molecule has 0 spiro atoms. The van der Waals surface area contributed by atoms with E-state index in [9.17, 15) is 9.59 Å². The van der Waals surface area contributed by atoms with Gasteiger partial charge in [-0.1, -0.05) is 6.07 Å². The van der Waals surface area contributed by atoms with Gasteiger partial charge in [0.2, 0.25) is 5.91 Å². The number of ether oxygens (including phenoxy) is 2. The Bertz CT molecular complexity index is 652. The van der Waals surface area contributed by atoms with Gasteiger partial charge in [0.15, 0.2) is 5.78 Å². The smallest absolute Gasteiger partial charge is 0.224 e. The van der Waals surface area contributed by atoms with E-state index >= 15 is 0 Å². The fourth-order valence-electron chi connectivity index (χ4n) is 1.91. The minimum atomic E-state index is -0.239. The average molecular weight is 319 g/mol. The van der Waals surface area contributed by atoms with E-state index in [1.165, 1.54) is 18.4 Å². The summed E-state index contributed by atoms with van der Waals surface area (Å²) in [4.78, 5) is 24.5. The lowest BCUT2D eigenvalue weighted by atomic mass is 10.2. The second kappa shape index (κ2) is 7.61. The molecule has 0 aliphatic carbocycles. The molecule has 1 heterocycles. The van der Waals surface area contributed by atoms with Gasteiger partial charge in [0.25, 0.3) is 0 Å². The Balaban J connectivity index is 1.95. The number of hydrogen-bond donors (Lipinski definition) is 1. The monoisotopic (exact) mass is 319 g/mol. The third kappa shape index (κ3) is 4.08. The van der Waals surface area contributed by atoms with Crippen molar-refractivity contribution in [3.8, 4) is 11.5 Å². The van der Waals surface area contributed by atoms with Crippen LogP contribution in [0, 0.1) is 0 Å². The summed E-state index contributed by atoms with van der Waals surface area (Å²) in [6.07, 6.45) is 0.301. The zero-order valence-electron chi connectivity index (χ0n) is 12.4. The molecule has 0 aliphatic rings. The first-order chi connectivity index (χ1) is 10.6. The number of nitrogens with one attached hydrogen (secondary N) is 1. The van der Waals surface area contributed by atoms with Gasteiger partial charge in [0.1, 0.15) is 11.5 Å². The summed E-state index contributed by atoms with van der Waals surface area (Å²) in [6, 6.07) is 8.72. The van der Waals surface area contributed by atoms with Crippen LogP contribution in [-0.2, 0) is 4.79 Å². The zero-order valence-corrected chi connectivity index (χ0v) is 13.2. The molecule has 0 atom stereocenters. The van der Waals surface area contributed by atoms with Crippen molar-refractivity contribution in [2.24, 2.45) is 0 Å². The third-order valence-electron chi connectivity index (χ3n) is 3.06. The second-order valence-corrected chi connectivity index (χ2v) is 5.46. The van der Waals surface area contributed by atoms with Crippen LogP contribution in [0.1, 0.15) is 22.5 Å². The van der Waals surface area contributed by atoms with Crippen LogP contribution >= 0.6 is 11.3 Å². The van der Waals surface area contributed by atoms with E-state index in [2.05, 4.69) is 5.32 Å². The zero-order chi connectivity index (χ0) is 15.9. The number of Topliss-reactive ketones (excluding diaryl/α,β-unsaturated/α-hetero) is 1. The minimum absolute atomic E-state index is 0.0252. The quantitative estimate of drug-likeness (QED) is 0.795. The standard InChI is InChI=1S/C16H17NO4S/c1-20-11-5-7-14(21-2)12(10-11)17-16(19)8-6-13(18)15-4-3-9-22-15/h3-5,7,9-10H,6,8H2,1-2H3,(H,17,19). The highest BCUT2D eigenvalue weighted by molar-refractivity contribution is 7.12. The van der Waals surface area contributed by atoms with E-state index in [1.807, 2.05) is 11.4 Å². The maximum atomic E-state index is 12.0. The summed E-state index contributed by atoms with van der Waals surface area (Å²) < 4.78 is 10.3. The molecule has 1 aromatic carbocycles. The summed E-state index contributed by atoms with van der Waals surface area (Å²) in [5.41, 5.74) is 0.524. The van der Waals surface area contributed by atoms with Crippen LogP contribution in [0.3, 0.4) is 0 Å². The molecule has 0 saturated carbocycles. The van der Waals surface area contributed by atoms with Crippen molar-refractivity contribution in [1.29, 1.82) is 0 Å². The molecule has 0 fully saturated rings. The Morgan fingerprint density at radius 3 is 2.59 bits per heavy atom. The fraction of sp³-hybridized carbons (Fsp3) is 0.250. The first-order valence-corrected chi connectivity index (χ1v) is 7.60. The van der Waals surface area contributed by atoms with Crippen LogP contribution < -0.4 is 14.8 Å². The van der Waals surface area contributed by atoms with E-state index in [4.69, 9.17) is 9.47 Å². The highest BCUT2D eigenvalue weighted by atomic mass is 32.1. The van der Waals surface area contributed by atoms with Gasteiger partial charge in [-0.3, -0.25) is 9.59 Å². The number of methoxy groups -OCH3 is 2. The highest BCUT2D eigenvalue weighted by Crippen LogP contribution is 2.29. The molecule has 6 heteroatoms. The molecule has 0 saturated heterocycles. The maximum Gasteiger partial charge on any atom is 0.224 e. The molecule has 1 N–H and O–H groups in total. The lowest BCUT2D eigenvalue weighted by molar-refractivity contribution is -0.116. The SMILES string of the molecule is COc1ccc(OC)c(NC(=O)CCC(=O)c2cccs2)c1. The van der Waals surface area contributed by atoms with E-state index in [1.54, 1.807) is 31.4 Å². The van der Waals surface area contributed by atoms with E-state index in [-0.39, 0.29) is 24.5 Å². The van der Waals surface area contributed by atoms with Gasteiger partial charge < -0.3 is 14.8 Å². The van der Waals surface area contributed by atoms with Crippen LogP contribution in [0.4, 0.5) is 5.69 Å². The largest absolute Gasteiger partial charge is 0.497 e. The number of amides is 1. The first kappa shape index (κ1) is 16.0. The molecule has 0 radical (unpaired) electrons. The van der Waals surface area contributed by atoms with E-state index in [0.29, 0.717) is 22.1 Å². The van der Waals surface area contributed by atoms with E-state index in [0.717, 1.165) is 0 Å². The van der Waals surface area contributed by atoms with Crippen LogP contribution in [0.2, 0.25) is 0 Å². The predicted molar refractivity (Wildman–Crippen MR) is 86.1 cm³/mol. The molecular formula is C16H17NO4S. The van der Waals surface area contributed by atoms with Gasteiger partial charge in [-0.25, -0.2) is 0 Å². The Hall–Kier alpha value is -2.34. The fourth-order valence-corrected chi connectivity index (χ4v) is 2.61. The van der Waals surface area contributed by atoms with Crippen molar-refractivity contribution in [3.63, 3.8) is 0 Å². The van der Waals surface area contributed by atoms with Crippen LogP contribution in [0.5, 0.6) is 11.5 Å². The van der Waals surface area contributed by atoms with Crippen LogP contribution in [0.15, 0.2) is 35.7 Å². The number of hydrogen-bond acceptors (Lipinski definition) is 5. The van der Waals surface area contributed by atoms with Gasteiger partial charge in [-0.2, -0.15) is 0 Å². The molecule has 2 aromatic rings. The molecule has 116 valence electrons. The molecule has 5 nitrogen and oxygen atoms in total. The molecule has 0 unspecified atom stereocenters. The van der Waals surface area contributed by atoms with Crippen molar-refractivity contribution in [2.75, 3.05) is 19.5 Å². The Morgan fingerprint density at radius 1 is 1.14 bits per heavy atom. The molecule has 22 heavy (non-hydrogen) atoms. The number of benzene rings is 1. The number of ketones is 1. The van der Waals surface area contributed by atoms with Crippen LogP contribution in [0.25, 0.3) is 0 Å². The van der Waals surface area contributed by atoms with Crippen molar-refractivity contribution in [3.05, 3.63) is 40.6 Å². The molecule has 1 amide bonds. The number of carbonyl (C=O) groups excluding carboxylic acids is 2. The lowest BCUT2D eigenvalue weighted by Gasteiger charge is -2.11. The summed E-state index contributed by atoms with van der Waals surface area (Å²) >= 11 is 1.38. The Morgan fingerprint density at radius 2 is 1.95 bits per heavy atom. The minimum Gasteiger partial charge on any atom is -0.497 e. The van der Waals surface area contributed by atoms with Gasteiger partial charge >= 0.3 is 0 Å². The highest BCUT2D eigenvalue weighted by Gasteiger charge is 2.12. The summed E-state index contributed by atoms with van der Waals surface area (Å²) in [6.45, 7) is 0. The van der Waals surface area contributed by atoms with Crippen molar-refractivity contribution in [1.82, 2.24) is 0 Å². The molecule has 0 bridgehead atoms. The third-order valence-corrected chi connectivity index (χ3v) is 3.97. The molecule has 1 aromatic heterocycles. The summed E-state index contributed by atoms with van der Waals surface area (Å²) in [5.74, 6) is 0.892. The van der Waals surface area contributed by atoms with Gasteiger partial charge in [0.05, 0.1) is 24.8 Å². The number of anilines is 1. The van der Waals surface area contributed by atoms with Gasteiger partial charge in [-0.05, 0) is 23.6 Å². The van der Waals surface area contributed by atoms with Gasteiger partial charge in [-0.15, -0.1) is 11.3 Å². The van der Waals surface area contributed by atoms with Crippen molar-refractivity contribution in [2.45, 2.75) is 12.8 Å². The Labute approximate surface area is 132 Å². The molecule has 2 rings (SSSR count).